The van der Waals surface area contributed by atoms with Gasteiger partial charge in [0.1, 0.15) is 11.8 Å². The number of fused-ring (bicyclic) bond motifs is 1. The monoisotopic (exact) mass is 435 g/mol. The van der Waals surface area contributed by atoms with Gasteiger partial charge < -0.3 is 19.6 Å². The summed E-state index contributed by atoms with van der Waals surface area (Å²) in [5.41, 5.74) is 2.09. The lowest BCUT2D eigenvalue weighted by atomic mass is 9.90. The molecule has 0 fully saturated rings. The highest BCUT2D eigenvalue weighted by Gasteiger charge is 2.27. The third kappa shape index (κ3) is 5.35. The van der Waals surface area contributed by atoms with Crippen LogP contribution in [0.4, 0.5) is 0 Å². The zero-order chi connectivity index (χ0) is 23.3. The summed E-state index contributed by atoms with van der Waals surface area (Å²) in [6, 6.07) is 8.78. The van der Waals surface area contributed by atoms with E-state index in [1.54, 1.807) is 25.7 Å². The Labute approximate surface area is 187 Å². The fraction of sp³-hybridized carbons (Fsp3) is 0.417. The molecule has 8 heteroatoms. The van der Waals surface area contributed by atoms with E-state index in [1.165, 1.54) is 0 Å². The number of ether oxygens (including phenoxy) is 1. The van der Waals surface area contributed by atoms with Gasteiger partial charge in [-0.05, 0) is 30.5 Å². The first-order valence-corrected chi connectivity index (χ1v) is 10.7. The number of hydrogen-bond donors (Lipinski definition) is 2. The Kier molecular flexibility index (Phi) is 7.31. The fourth-order valence-corrected chi connectivity index (χ4v) is 3.85. The van der Waals surface area contributed by atoms with Crippen molar-refractivity contribution in [1.82, 2.24) is 19.9 Å². The molecule has 2 unspecified atom stereocenters. The van der Waals surface area contributed by atoms with Crippen LogP contribution in [0, 0.1) is 23.2 Å². The van der Waals surface area contributed by atoms with E-state index < -0.39 is 12.0 Å². The van der Waals surface area contributed by atoms with Crippen molar-refractivity contribution in [2.24, 2.45) is 18.9 Å². The second-order valence-corrected chi connectivity index (χ2v) is 8.45. The molecule has 2 N–H and O–H groups in total. The summed E-state index contributed by atoms with van der Waals surface area (Å²) in [6.07, 6.45) is 4.29. The maximum atomic E-state index is 13.0. The number of carbonyl (C=O) groups is 2. The SMILES string of the molecule is COc1cccc2[nH]c(C(=O)CC(CC(C)C)C(=O)NC(C#N)Cc3cncn3C)cc12. The minimum Gasteiger partial charge on any atom is -0.496 e. The van der Waals surface area contributed by atoms with Gasteiger partial charge in [0.15, 0.2) is 5.78 Å². The second-order valence-electron chi connectivity index (χ2n) is 8.45. The predicted molar refractivity (Wildman–Crippen MR) is 121 cm³/mol. The van der Waals surface area contributed by atoms with E-state index in [9.17, 15) is 14.9 Å². The van der Waals surface area contributed by atoms with Gasteiger partial charge in [0, 0.05) is 48.6 Å². The predicted octanol–water partition coefficient (Wildman–Crippen LogP) is 3.40. The first kappa shape index (κ1) is 23.1. The maximum absolute atomic E-state index is 13.0. The summed E-state index contributed by atoms with van der Waals surface area (Å²) in [4.78, 5) is 33.3. The Morgan fingerprint density at radius 3 is 2.75 bits per heavy atom. The molecule has 0 bridgehead atoms. The molecular formula is C24H29N5O3. The van der Waals surface area contributed by atoms with Crippen molar-refractivity contribution in [3.8, 4) is 11.8 Å². The van der Waals surface area contributed by atoms with Crippen molar-refractivity contribution in [1.29, 1.82) is 5.26 Å². The average molecular weight is 436 g/mol. The molecule has 3 rings (SSSR count). The third-order valence-electron chi connectivity index (χ3n) is 5.51. The van der Waals surface area contributed by atoms with Crippen LogP contribution in [0.1, 0.15) is 42.9 Å². The van der Waals surface area contributed by atoms with E-state index >= 15 is 0 Å². The van der Waals surface area contributed by atoms with Crippen LogP contribution in [0.2, 0.25) is 0 Å². The van der Waals surface area contributed by atoms with Gasteiger partial charge in [0.25, 0.3) is 0 Å². The van der Waals surface area contributed by atoms with Crippen molar-refractivity contribution in [3.05, 3.63) is 48.2 Å². The van der Waals surface area contributed by atoms with E-state index in [0.29, 0.717) is 24.3 Å². The van der Waals surface area contributed by atoms with Gasteiger partial charge in [0.2, 0.25) is 5.91 Å². The zero-order valence-electron chi connectivity index (χ0n) is 18.9. The molecular weight excluding hydrogens is 406 g/mol. The highest BCUT2D eigenvalue weighted by molar-refractivity contribution is 6.02. The summed E-state index contributed by atoms with van der Waals surface area (Å²) in [5, 5.41) is 13.2. The number of imidazole rings is 1. The van der Waals surface area contributed by atoms with Crippen molar-refractivity contribution in [2.75, 3.05) is 7.11 Å². The minimum absolute atomic E-state index is 0.0585. The highest BCUT2D eigenvalue weighted by atomic mass is 16.5. The van der Waals surface area contributed by atoms with Gasteiger partial charge >= 0.3 is 0 Å². The van der Waals surface area contributed by atoms with Crippen LogP contribution in [0.25, 0.3) is 10.9 Å². The zero-order valence-corrected chi connectivity index (χ0v) is 18.9. The van der Waals surface area contributed by atoms with Crippen LogP contribution in [0.5, 0.6) is 5.75 Å². The van der Waals surface area contributed by atoms with E-state index in [2.05, 4.69) is 21.4 Å². The number of methoxy groups -OCH3 is 1. The molecule has 1 amide bonds. The minimum atomic E-state index is -0.694. The third-order valence-corrected chi connectivity index (χ3v) is 5.51. The number of aromatic amines is 1. The maximum Gasteiger partial charge on any atom is 0.224 e. The van der Waals surface area contributed by atoms with Crippen molar-refractivity contribution in [3.63, 3.8) is 0 Å². The second kappa shape index (κ2) is 10.1. The lowest BCUT2D eigenvalue weighted by Crippen LogP contribution is -2.40. The molecule has 168 valence electrons. The molecule has 0 spiro atoms. The van der Waals surface area contributed by atoms with Gasteiger partial charge in [0.05, 0.1) is 25.2 Å². The average Bonchev–Trinajstić information content (AvgIpc) is 3.38. The smallest absolute Gasteiger partial charge is 0.224 e. The number of aromatic nitrogens is 3. The van der Waals surface area contributed by atoms with Gasteiger partial charge in [-0.2, -0.15) is 5.26 Å². The standard InChI is InChI=1S/C24H29N5O3/c1-15(2)8-16(24(31)27-17(12-25)10-18-13-26-14-29(18)3)9-22(30)21-11-19-20(28-21)6-5-7-23(19)32-4/h5-7,11,13-17,28H,8-10H2,1-4H3,(H,27,31). The number of Topliss-reactive ketones (excluding diaryl/α,β-unsaturated/α-hetero) is 1. The number of rotatable bonds is 10. The number of nitrogens with zero attached hydrogens (tertiary/aromatic N) is 3. The lowest BCUT2D eigenvalue weighted by Gasteiger charge is -2.20. The fourth-order valence-electron chi connectivity index (χ4n) is 3.85. The van der Waals surface area contributed by atoms with Crippen LogP contribution in [0.15, 0.2) is 36.8 Å². The number of aryl methyl sites for hydroxylation is 1. The van der Waals surface area contributed by atoms with Crippen molar-refractivity contribution < 1.29 is 14.3 Å². The molecule has 8 nitrogen and oxygen atoms in total. The van der Waals surface area contributed by atoms with Crippen LogP contribution in [0.3, 0.4) is 0 Å². The van der Waals surface area contributed by atoms with Crippen molar-refractivity contribution in [2.45, 2.75) is 39.2 Å². The summed E-state index contributed by atoms with van der Waals surface area (Å²) in [7, 11) is 3.43. The lowest BCUT2D eigenvalue weighted by molar-refractivity contribution is -0.125. The largest absolute Gasteiger partial charge is 0.496 e. The van der Waals surface area contributed by atoms with E-state index in [1.807, 2.05) is 43.7 Å². The molecule has 0 aliphatic heterocycles. The van der Waals surface area contributed by atoms with Crippen LogP contribution >= 0.6 is 0 Å². The summed E-state index contributed by atoms with van der Waals surface area (Å²) >= 11 is 0. The van der Waals surface area contributed by atoms with Crippen LogP contribution in [-0.4, -0.2) is 39.4 Å². The molecule has 1 aromatic carbocycles. The van der Waals surface area contributed by atoms with Gasteiger partial charge in [-0.3, -0.25) is 9.59 Å². The number of ketones is 1. The summed E-state index contributed by atoms with van der Waals surface area (Å²) in [6.45, 7) is 4.02. The quantitative estimate of drug-likeness (QED) is 0.474. The van der Waals surface area contributed by atoms with E-state index in [-0.39, 0.29) is 24.0 Å². The van der Waals surface area contributed by atoms with Crippen LogP contribution in [-0.2, 0) is 18.3 Å². The molecule has 0 aliphatic rings. The molecule has 2 atom stereocenters. The molecule has 2 heterocycles. The van der Waals surface area contributed by atoms with E-state index in [0.717, 1.165) is 16.6 Å². The Morgan fingerprint density at radius 2 is 2.12 bits per heavy atom. The summed E-state index contributed by atoms with van der Waals surface area (Å²) in [5.74, 6) is -0.0582. The Bertz CT molecular complexity index is 1140. The van der Waals surface area contributed by atoms with Gasteiger partial charge in [-0.1, -0.05) is 19.9 Å². The first-order chi connectivity index (χ1) is 15.3. The number of H-pyrrole nitrogens is 1. The number of amides is 1. The number of hydrogen-bond acceptors (Lipinski definition) is 5. The Balaban J connectivity index is 1.74. The van der Waals surface area contributed by atoms with E-state index in [4.69, 9.17) is 4.74 Å². The number of nitrogens with one attached hydrogen (secondary N) is 2. The molecule has 3 aromatic rings. The number of carbonyl (C=O) groups excluding carboxylic acids is 2. The molecule has 2 aromatic heterocycles. The molecule has 0 saturated carbocycles. The molecule has 32 heavy (non-hydrogen) atoms. The van der Waals surface area contributed by atoms with Gasteiger partial charge in [-0.15, -0.1) is 0 Å². The summed E-state index contributed by atoms with van der Waals surface area (Å²) < 4.78 is 7.18. The Hall–Kier alpha value is -3.60. The Morgan fingerprint density at radius 1 is 1.34 bits per heavy atom. The topological polar surface area (TPSA) is 113 Å². The molecule has 0 radical (unpaired) electrons. The highest BCUT2D eigenvalue weighted by Crippen LogP contribution is 2.27. The molecule has 0 aliphatic carbocycles. The van der Waals surface area contributed by atoms with Crippen molar-refractivity contribution >= 4 is 22.6 Å². The first-order valence-electron chi connectivity index (χ1n) is 10.7. The normalized spacial score (nSPS) is 13.0. The van der Waals surface area contributed by atoms with Crippen LogP contribution < -0.4 is 10.1 Å². The van der Waals surface area contributed by atoms with Gasteiger partial charge in [-0.25, -0.2) is 4.98 Å². The number of nitriles is 1. The number of benzene rings is 1. The molecule has 0 saturated heterocycles.